The summed E-state index contributed by atoms with van der Waals surface area (Å²) in [6.07, 6.45) is 8.93. The van der Waals surface area contributed by atoms with Gasteiger partial charge in [-0.2, -0.15) is 0 Å². The molecular weight excluding hydrogens is 122 g/mol. The van der Waals surface area contributed by atoms with E-state index in [2.05, 4.69) is 13.0 Å². The van der Waals surface area contributed by atoms with E-state index in [4.69, 9.17) is 5.73 Å². The maximum absolute atomic E-state index is 5.76. The quantitative estimate of drug-likeness (QED) is 0.621. The molecule has 0 saturated heterocycles. The summed E-state index contributed by atoms with van der Waals surface area (Å²) >= 11 is 0. The molecule has 0 unspecified atom stereocenters. The van der Waals surface area contributed by atoms with Crippen molar-refractivity contribution in [2.24, 2.45) is 5.73 Å². The lowest BCUT2D eigenvalue weighted by molar-refractivity contribution is 0.804. The largest absolute Gasteiger partial charge is 0.399 e. The molecule has 1 aliphatic rings. The second-order valence-corrected chi connectivity index (χ2v) is 2.75. The van der Waals surface area contributed by atoms with Crippen LogP contribution in [0.1, 0.15) is 32.6 Å². The Morgan fingerprint density at radius 3 is 3.00 bits per heavy atom. The SMILES string of the molecule is CCCC1=C(N)C=CCC1. The van der Waals surface area contributed by atoms with Crippen molar-refractivity contribution < 1.29 is 0 Å². The summed E-state index contributed by atoms with van der Waals surface area (Å²) in [5.74, 6) is 0. The molecule has 1 rings (SSSR count). The van der Waals surface area contributed by atoms with Gasteiger partial charge in [-0.15, -0.1) is 0 Å². The smallest absolute Gasteiger partial charge is 0.0302 e. The standard InChI is InChI=1S/C9H15N/c1-2-5-8-6-3-4-7-9(8)10/h4,7H,2-3,5-6,10H2,1H3. The summed E-state index contributed by atoms with van der Waals surface area (Å²) in [7, 11) is 0. The summed E-state index contributed by atoms with van der Waals surface area (Å²) in [5.41, 5.74) is 8.21. The van der Waals surface area contributed by atoms with Crippen molar-refractivity contribution in [1.29, 1.82) is 0 Å². The minimum absolute atomic E-state index is 1.01. The maximum atomic E-state index is 5.76. The lowest BCUT2D eigenvalue weighted by Crippen LogP contribution is -2.02. The molecule has 56 valence electrons. The summed E-state index contributed by atoms with van der Waals surface area (Å²) < 4.78 is 0. The van der Waals surface area contributed by atoms with Gasteiger partial charge in [-0.05, 0) is 30.9 Å². The van der Waals surface area contributed by atoms with Crippen molar-refractivity contribution in [2.45, 2.75) is 32.6 Å². The molecule has 1 aliphatic carbocycles. The molecule has 0 aliphatic heterocycles. The van der Waals surface area contributed by atoms with Crippen molar-refractivity contribution in [2.75, 3.05) is 0 Å². The molecular formula is C9H15N. The lowest BCUT2D eigenvalue weighted by atomic mass is 9.99. The fraction of sp³-hybridized carbons (Fsp3) is 0.556. The van der Waals surface area contributed by atoms with E-state index in [-0.39, 0.29) is 0 Å². The third-order valence-corrected chi connectivity index (χ3v) is 1.87. The van der Waals surface area contributed by atoms with Gasteiger partial charge in [0.25, 0.3) is 0 Å². The number of hydrogen-bond acceptors (Lipinski definition) is 1. The Balaban J connectivity index is 2.60. The first-order chi connectivity index (χ1) is 4.84. The van der Waals surface area contributed by atoms with Crippen molar-refractivity contribution in [1.82, 2.24) is 0 Å². The van der Waals surface area contributed by atoms with Gasteiger partial charge in [0.05, 0.1) is 0 Å². The first-order valence-electron chi connectivity index (χ1n) is 3.98. The van der Waals surface area contributed by atoms with Crippen LogP contribution in [0.2, 0.25) is 0 Å². The third kappa shape index (κ3) is 1.63. The van der Waals surface area contributed by atoms with E-state index in [1.165, 1.54) is 31.3 Å². The van der Waals surface area contributed by atoms with Gasteiger partial charge in [-0.25, -0.2) is 0 Å². The summed E-state index contributed by atoms with van der Waals surface area (Å²) in [4.78, 5) is 0. The molecule has 0 saturated carbocycles. The van der Waals surface area contributed by atoms with Crippen LogP contribution in [0.4, 0.5) is 0 Å². The molecule has 1 nitrogen and oxygen atoms in total. The Morgan fingerprint density at radius 1 is 1.60 bits per heavy atom. The molecule has 0 radical (unpaired) electrons. The van der Waals surface area contributed by atoms with E-state index in [1.54, 1.807) is 0 Å². The number of hydrogen-bond donors (Lipinski definition) is 1. The van der Waals surface area contributed by atoms with Crippen molar-refractivity contribution in [3.63, 3.8) is 0 Å². The zero-order valence-electron chi connectivity index (χ0n) is 6.56. The Bertz CT molecular complexity index is 166. The average Bonchev–Trinajstić information content (AvgIpc) is 1.94. The van der Waals surface area contributed by atoms with Crippen LogP contribution in [0.25, 0.3) is 0 Å². The van der Waals surface area contributed by atoms with Crippen LogP contribution >= 0.6 is 0 Å². The van der Waals surface area contributed by atoms with E-state index in [1.807, 2.05) is 6.08 Å². The van der Waals surface area contributed by atoms with Crippen LogP contribution in [-0.2, 0) is 0 Å². The monoisotopic (exact) mass is 137 g/mol. The summed E-state index contributed by atoms with van der Waals surface area (Å²) in [5, 5.41) is 0. The van der Waals surface area contributed by atoms with E-state index >= 15 is 0 Å². The first kappa shape index (κ1) is 7.39. The van der Waals surface area contributed by atoms with Crippen LogP contribution < -0.4 is 5.73 Å². The molecule has 0 spiro atoms. The van der Waals surface area contributed by atoms with Gasteiger partial charge in [0, 0.05) is 5.70 Å². The van der Waals surface area contributed by atoms with Crippen LogP contribution in [-0.4, -0.2) is 0 Å². The van der Waals surface area contributed by atoms with Crippen LogP contribution in [0, 0.1) is 0 Å². The fourth-order valence-corrected chi connectivity index (χ4v) is 1.30. The predicted octanol–water partition coefficient (Wildman–Crippen LogP) is 2.35. The van der Waals surface area contributed by atoms with Gasteiger partial charge in [0.15, 0.2) is 0 Å². The molecule has 0 amide bonds. The molecule has 0 bridgehead atoms. The lowest BCUT2D eigenvalue weighted by Gasteiger charge is -2.10. The van der Waals surface area contributed by atoms with Gasteiger partial charge in [-0.3, -0.25) is 0 Å². The third-order valence-electron chi connectivity index (χ3n) is 1.87. The Labute approximate surface area is 62.6 Å². The molecule has 0 aromatic heterocycles. The maximum Gasteiger partial charge on any atom is 0.0302 e. The minimum atomic E-state index is 1.01. The predicted molar refractivity (Wildman–Crippen MR) is 44.5 cm³/mol. The highest BCUT2D eigenvalue weighted by Gasteiger charge is 2.02. The second kappa shape index (κ2) is 3.45. The van der Waals surface area contributed by atoms with Crippen LogP contribution in [0.5, 0.6) is 0 Å². The van der Waals surface area contributed by atoms with Gasteiger partial charge in [0.1, 0.15) is 0 Å². The molecule has 0 aromatic rings. The van der Waals surface area contributed by atoms with E-state index < -0.39 is 0 Å². The van der Waals surface area contributed by atoms with Crippen molar-refractivity contribution in [3.05, 3.63) is 23.4 Å². The topological polar surface area (TPSA) is 26.0 Å². The van der Waals surface area contributed by atoms with E-state index in [0.29, 0.717) is 0 Å². The minimum Gasteiger partial charge on any atom is -0.399 e. The van der Waals surface area contributed by atoms with Crippen molar-refractivity contribution in [3.8, 4) is 0 Å². The Morgan fingerprint density at radius 2 is 2.40 bits per heavy atom. The molecule has 0 fully saturated rings. The molecule has 0 heterocycles. The number of nitrogens with two attached hydrogens (primary N) is 1. The molecule has 2 N–H and O–H groups in total. The number of allylic oxidation sites excluding steroid dienone is 3. The van der Waals surface area contributed by atoms with Gasteiger partial charge < -0.3 is 5.73 Å². The molecule has 10 heavy (non-hydrogen) atoms. The normalized spacial score (nSPS) is 18.1. The highest BCUT2D eigenvalue weighted by molar-refractivity contribution is 5.26. The number of rotatable bonds is 2. The first-order valence-corrected chi connectivity index (χ1v) is 3.98. The summed E-state index contributed by atoms with van der Waals surface area (Å²) in [6, 6.07) is 0. The zero-order valence-corrected chi connectivity index (χ0v) is 6.56. The van der Waals surface area contributed by atoms with Gasteiger partial charge >= 0.3 is 0 Å². The summed E-state index contributed by atoms with van der Waals surface area (Å²) in [6.45, 7) is 2.19. The Hall–Kier alpha value is -0.720. The zero-order chi connectivity index (χ0) is 7.40. The molecule has 1 heteroatoms. The van der Waals surface area contributed by atoms with Gasteiger partial charge in [-0.1, -0.05) is 19.4 Å². The highest BCUT2D eigenvalue weighted by atomic mass is 14.6. The van der Waals surface area contributed by atoms with E-state index in [9.17, 15) is 0 Å². The highest BCUT2D eigenvalue weighted by Crippen LogP contribution is 2.19. The van der Waals surface area contributed by atoms with Gasteiger partial charge in [0.2, 0.25) is 0 Å². The molecule has 0 aromatic carbocycles. The van der Waals surface area contributed by atoms with Crippen molar-refractivity contribution >= 4 is 0 Å². The Kier molecular flexibility index (Phi) is 2.55. The fourth-order valence-electron chi connectivity index (χ4n) is 1.30. The second-order valence-electron chi connectivity index (χ2n) is 2.75. The van der Waals surface area contributed by atoms with E-state index in [0.717, 1.165) is 5.70 Å². The van der Waals surface area contributed by atoms with Crippen LogP contribution in [0.15, 0.2) is 23.4 Å². The molecule has 0 atom stereocenters. The average molecular weight is 137 g/mol. The van der Waals surface area contributed by atoms with Crippen LogP contribution in [0.3, 0.4) is 0 Å².